The molecule has 3 aliphatic rings. The molecule has 3 amide bonds. The Morgan fingerprint density at radius 1 is 1.14 bits per heavy atom. The summed E-state index contributed by atoms with van der Waals surface area (Å²) in [6, 6.07) is 2.55. The average molecular weight is 479 g/mol. The highest BCUT2D eigenvalue weighted by Crippen LogP contribution is 2.44. The molecule has 1 atom stereocenters. The lowest BCUT2D eigenvalue weighted by Crippen LogP contribution is -2.49. The molecule has 1 saturated heterocycles. The maximum atomic E-state index is 13.4. The lowest BCUT2D eigenvalue weighted by Gasteiger charge is -2.32. The molecule has 184 valence electrons. The Labute approximate surface area is 203 Å². The topological polar surface area (TPSA) is 135 Å². The van der Waals surface area contributed by atoms with Crippen molar-refractivity contribution < 1.29 is 19.1 Å². The van der Waals surface area contributed by atoms with Gasteiger partial charge in [0.25, 0.3) is 5.91 Å². The van der Waals surface area contributed by atoms with E-state index in [0.29, 0.717) is 49.0 Å². The summed E-state index contributed by atoms with van der Waals surface area (Å²) in [6.07, 6.45) is 9.44. The molecule has 5 rings (SSSR count). The van der Waals surface area contributed by atoms with Crippen LogP contribution in [0, 0.1) is 11.8 Å². The van der Waals surface area contributed by atoms with Crippen LogP contribution in [0.25, 0.3) is 0 Å². The van der Waals surface area contributed by atoms with Crippen molar-refractivity contribution in [3.05, 3.63) is 41.9 Å². The van der Waals surface area contributed by atoms with Crippen molar-refractivity contribution in [1.82, 2.24) is 20.5 Å². The number of nitrogens with zero attached hydrogens (tertiary/aromatic N) is 3. The summed E-state index contributed by atoms with van der Waals surface area (Å²) in [5.41, 5.74) is 1.25. The standard InChI is InChI=1S/C25H30N6O4/c1-15-2-4-16(5-3-15)21(31-22(32)17-6-9-27-28-13-17)23(33)30-20-12-19-18(14-26-20)25(24(34)29-19)7-10-35-11-8-25/h6,9,12-16,21H,2-5,7-8,10-11H2,1H3,(H,29,34)(H,31,32)(H,26,30,33)/t15-,16-,21-/m0/s1. The van der Waals surface area contributed by atoms with E-state index < -0.39 is 11.5 Å². The van der Waals surface area contributed by atoms with Gasteiger partial charge in [0.05, 0.1) is 29.1 Å². The second-order valence-corrected chi connectivity index (χ2v) is 9.86. The summed E-state index contributed by atoms with van der Waals surface area (Å²) >= 11 is 0. The first-order valence-corrected chi connectivity index (χ1v) is 12.2. The van der Waals surface area contributed by atoms with Crippen LogP contribution in [0.5, 0.6) is 0 Å². The number of carbonyl (C=O) groups excluding carboxylic acids is 3. The molecular weight excluding hydrogens is 448 g/mol. The Morgan fingerprint density at radius 3 is 2.63 bits per heavy atom. The molecular formula is C25H30N6O4. The van der Waals surface area contributed by atoms with Gasteiger partial charge >= 0.3 is 0 Å². The smallest absolute Gasteiger partial charge is 0.253 e. The highest BCUT2D eigenvalue weighted by molar-refractivity contribution is 6.07. The summed E-state index contributed by atoms with van der Waals surface area (Å²) in [6.45, 7) is 3.26. The number of ether oxygens (including phenoxy) is 1. The number of pyridine rings is 1. The molecule has 3 N–H and O–H groups in total. The number of hydrogen-bond donors (Lipinski definition) is 3. The van der Waals surface area contributed by atoms with E-state index in [1.165, 1.54) is 12.4 Å². The first kappa shape index (κ1) is 23.3. The summed E-state index contributed by atoms with van der Waals surface area (Å²) in [4.78, 5) is 43.5. The van der Waals surface area contributed by atoms with Gasteiger partial charge in [-0.15, -0.1) is 0 Å². The highest BCUT2D eigenvalue weighted by atomic mass is 16.5. The first-order chi connectivity index (χ1) is 17.0. The minimum atomic E-state index is -0.713. The van der Waals surface area contributed by atoms with Crippen molar-refractivity contribution >= 4 is 29.2 Å². The van der Waals surface area contributed by atoms with Gasteiger partial charge in [0.1, 0.15) is 11.9 Å². The molecule has 2 aromatic heterocycles. The number of rotatable bonds is 5. The van der Waals surface area contributed by atoms with Crippen molar-refractivity contribution in [1.29, 1.82) is 0 Å². The molecule has 1 saturated carbocycles. The molecule has 0 bridgehead atoms. The lowest BCUT2D eigenvalue weighted by molar-refractivity contribution is -0.124. The molecule has 0 radical (unpaired) electrons. The Bertz CT molecular complexity index is 1110. The number of anilines is 2. The zero-order valence-electron chi connectivity index (χ0n) is 19.8. The van der Waals surface area contributed by atoms with Gasteiger partial charge in [0, 0.05) is 31.0 Å². The molecule has 2 aliphatic heterocycles. The van der Waals surface area contributed by atoms with Crippen LogP contribution in [0.3, 0.4) is 0 Å². The van der Waals surface area contributed by atoms with Gasteiger partial charge in [-0.2, -0.15) is 10.2 Å². The van der Waals surface area contributed by atoms with Crippen LogP contribution in [0.1, 0.15) is 61.4 Å². The maximum Gasteiger partial charge on any atom is 0.253 e. The quantitative estimate of drug-likeness (QED) is 0.601. The van der Waals surface area contributed by atoms with E-state index in [9.17, 15) is 14.4 Å². The third kappa shape index (κ3) is 4.62. The van der Waals surface area contributed by atoms with Crippen LogP contribution in [0.2, 0.25) is 0 Å². The first-order valence-electron chi connectivity index (χ1n) is 12.2. The zero-order valence-corrected chi connectivity index (χ0v) is 19.8. The van der Waals surface area contributed by atoms with Gasteiger partial charge in [-0.3, -0.25) is 14.4 Å². The Kier molecular flexibility index (Phi) is 6.46. The largest absolute Gasteiger partial charge is 0.381 e. The fourth-order valence-corrected chi connectivity index (χ4v) is 5.46. The van der Waals surface area contributed by atoms with Gasteiger partial charge in [0.15, 0.2) is 0 Å². The molecule has 10 heteroatoms. The molecule has 4 heterocycles. The third-order valence-corrected chi connectivity index (χ3v) is 7.65. The summed E-state index contributed by atoms with van der Waals surface area (Å²) < 4.78 is 5.45. The van der Waals surface area contributed by atoms with Gasteiger partial charge in [-0.25, -0.2) is 4.98 Å². The van der Waals surface area contributed by atoms with Crippen LogP contribution in [-0.2, 0) is 19.7 Å². The number of hydrogen-bond acceptors (Lipinski definition) is 7. The van der Waals surface area contributed by atoms with Crippen LogP contribution in [-0.4, -0.2) is 52.2 Å². The van der Waals surface area contributed by atoms with Gasteiger partial charge in [0.2, 0.25) is 11.8 Å². The van der Waals surface area contributed by atoms with E-state index in [2.05, 4.69) is 38.1 Å². The van der Waals surface area contributed by atoms with Crippen LogP contribution < -0.4 is 16.0 Å². The molecule has 2 aromatic rings. The predicted molar refractivity (Wildman–Crippen MR) is 128 cm³/mol. The molecule has 10 nitrogen and oxygen atoms in total. The van der Waals surface area contributed by atoms with Crippen molar-refractivity contribution in [2.45, 2.75) is 56.9 Å². The molecule has 1 aliphatic carbocycles. The number of aromatic nitrogens is 3. The summed E-state index contributed by atoms with van der Waals surface area (Å²) in [7, 11) is 0. The van der Waals surface area contributed by atoms with Crippen molar-refractivity contribution in [2.24, 2.45) is 11.8 Å². The third-order valence-electron chi connectivity index (χ3n) is 7.65. The molecule has 1 spiro atoms. The number of fused-ring (bicyclic) bond motifs is 2. The van der Waals surface area contributed by atoms with Gasteiger partial charge in [-0.1, -0.05) is 19.8 Å². The number of nitrogens with one attached hydrogen (secondary N) is 3. The summed E-state index contributed by atoms with van der Waals surface area (Å²) in [5.74, 6) is 0.228. The van der Waals surface area contributed by atoms with E-state index >= 15 is 0 Å². The highest BCUT2D eigenvalue weighted by Gasteiger charge is 2.48. The van der Waals surface area contributed by atoms with E-state index in [4.69, 9.17) is 4.74 Å². The van der Waals surface area contributed by atoms with E-state index in [0.717, 1.165) is 31.2 Å². The Balaban J connectivity index is 1.35. The second kappa shape index (κ2) is 9.69. The maximum absolute atomic E-state index is 13.4. The number of amides is 3. The molecule has 35 heavy (non-hydrogen) atoms. The number of carbonyl (C=O) groups is 3. The predicted octanol–water partition coefficient (Wildman–Crippen LogP) is 2.44. The van der Waals surface area contributed by atoms with E-state index in [-0.39, 0.29) is 23.6 Å². The van der Waals surface area contributed by atoms with Crippen LogP contribution in [0.4, 0.5) is 11.5 Å². The average Bonchev–Trinajstić information content (AvgIpc) is 3.13. The zero-order chi connectivity index (χ0) is 24.4. The Hall–Kier alpha value is -3.40. The molecule has 2 fully saturated rings. The van der Waals surface area contributed by atoms with Crippen molar-refractivity contribution in [3.8, 4) is 0 Å². The fourth-order valence-electron chi connectivity index (χ4n) is 5.46. The van der Waals surface area contributed by atoms with E-state index in [1.54, 1.807) is 18.3 Å². The van der Waals surface area contributed by atoms with Gasteiger partial charge in [-0.05, 0) is 43.6 Å². The van der Waals surface area contributed by atoms with Crippen molar-refractivity contribution in [3.63, 3.8) is 0 Å². The lowest BCUT2D eigenvalue weighted by atomic mass is 9.76. The summed E-state index contributed by atoms with van der Waals surface area (Å²) in [5, 5.41) is 16.2. The monoisotopic (exact) mass is 478 g/mol. The Morgan fingerprint density at radius 2 is 1.91 bits per heavy atom. The van der Waals surface area contributed by atoms with Crippen LogP contribution >= 0.6 is 0 Å². The van der Waals surface area contributed by atoms with Gasteiger partial charge < -0.3 is 20.7 Å². The minimum absolute atomic E-state index is 0.0181. The second-order valence-electron chi connectivity index (χ2n) is 9.86. The normalized spacial score (nSPS) is 23.7. The van der Waals surface area contributed by atoms with Crippen molar-refractivity contribution in [2.75, 3.05) is 23.8 Å². The van der Waals surface area contributed by atoms with E-state index in [1.807, 2.05) is 0 Å². The SMILES string of the molecule is C[C@H]1CC[C@H]([C@H](NC(=O)c2ccnnc2)C(=O)Nc2cc3c(cn2)C2(CCOCC2)C(=O)N3)CC1. The van der Waals surface area contributed by atoms with Crippen LogP contribution in [0.15, 0.2) is 30.7 Å². The molecule has 0 unspecified atom stereocenters. The molecule has 0 aromatic carbocycles. The minimum Gasteiger partial charge on any atom is -0.381 e. The fraction of sp³-hybridized carbons (Fsp3) is 0.520.